The molecule has 7 aliphatic rings. The number of piperidine rings is 5. The van der Waals surface area contributed by atoms with Crippen LogP contribution in [0.1, 0.15) is 127 Å². The SMILES string of the molecule is CC(C)n1cnc2cc(-c3ccc4c(c3)N(C3CC(N5CCCCC5)C3)C(=O)C43CCN(C(=O)C4(C)CCN(C(=O)C5CCN(c6ccc(C7CCC(=O)NC7=O)cn6)CC5)CC4)CC3)nc(Nc3ccccc3F)c21. The fourth-order valence-corrected chi connectivity index (χ4v) is 13.6. The summed E-state index contributed by atoms with van der Waals surface area (Å²) < 4.78 is 17.2. The van der Waals surface area contributed by atoms with Crippen molar-refractivity contribution in [3.05, 3.63) is 90.1 Å². The van der Waals surface area contributed by atoms with Gasteiger partial charge >= 0.3 is 0 Å². The van der Waals surface area contributed by atoms with Crippen LogP contribution in [0.2, 0.25) is 0 Å². The molecule has 1 saturated carbocycles. The van der Waals surface area contributed by atoms with Crippen LogP contribution in [0.4, 0.5) is 27.4 Å². The largest absolute Gasteiger partial charge is 0.357 e. The summed E-state index contributed by atoms with van der Waals surface area (Å²) in [4.78, 5) is 93.5. The molecule has 3 aromatic heterocycles. The number of para-hydroxylation sites is 1. The average Bonchev–Trinajstić information content (AvgIpc) is 4.18. The van der Waals surface area contributed by atoms with Gasteiger partial charge in [0.25, 0.3) is 0 Å². The maximum absolute atomic E-state index is 15.4. The Labute approximate surface area is 443 Å². The highest BCUT2D eigenvalue weighted by Crippen LogP contribution is 2.53. The van der Waals surface area contributed by atoms with Gasteiger partial charge in [-0.15, -0.1) is 0 Å². The van der Waals surface area contributed by atoms with Gasteiger partial charge in [-0.25, -0.2) is 19.3 Å². The van der Waals surface area contributed by atoms with Crippen molar-refractivity contribution in [1.82, 2.24) is 39.5 Å². The van der Waals surface area contributed by atoms with Crippen LogP contribution in [0, 0.1) is 17.2 Å². The molecule has 5 amide bonds. The number of pyridine rings is 2. The predicted molar refractivity (Wildman–Crippen MR) is 288 cm³/mol. The van der Waals surface area contributed by atoms with E-state index in [1.165, 1.54) is 25.3 Å². The number of hydrogen-bond donors (Lipinski definition) is 2. The van der Waals surface area contributed by atoms with E-state index in [1.54, 1.807) is 30.7 Å². The lowest BCUT2D eigenvalue weighted by molar-refractivity contribution is -0.150. The lowest BCUT2D eigenvalue weighted by Crippen LogP contribution is -2.59. The molecule has 12 rings (SSSR count). The minimum Gasteiger partial charge on any atom is -0.357 e. The summed E-state index contributed by atoms with van der Waals surface area (Å²) in [5.74, 6) is 0.367. The van der Waals surface area contributed by atoms with Crippen molar-refractivity contribution in [2.45, 2.75) is 134 Å². The number of carbonyl (C=O) groups is 5. The summed E-state index contributed by atoms with van der Waals surface area (Å²) in [6, 6.07) is 19.4. The van der Waals surface area contributed by atoms with Crippen molar-refractivity contribution in [1.29, 1.82) is 0 Å². The van der Waals surface area contributed by atoms with Crippen LogP contribution in [0.15, 0.2) is 73.2 Å². The second-order valence-electron chi connectivity index (χ2n) is 23.3. The highest BCUT2D eigenvalue weighted by molar-refractivity contribution is 6.10. The third-order valence-electron chi connectivity index (χ3n) is 18.5. The van der Waals surface area contributed by atoms with E-state index >= 15 is 9.18 Å². The number of halogens is 1. The van der Waals surface area contributed by atoms with Gasteiger partial charge in [-0.1, -0.05) is 43.7 Å². The predicted octanol–water partition coefficient (Wildman–Crippen LogP) is 8.25. The monoisotopic (exact) mass is 1030 g/mol. The molecule has 1 aliphatic carbocycles. The van der Waals surface area contributed by atoms with Gasteiger partial charge in [0.1, 0.15) is 17.2 Å². The van der Waals surface area contributed by atoms with Gasteiger partial charge < -0.3 is 34.4 Å². The Bertz CT molecular complexity index is 3070. The summed E-state index contributed by atoms with van der Waals surface area (Å²) in [6.07, 6.45) is 13.6. The molecule has 0 radical (unpaired) electrons. The quantitative estimate of drug-likeness (QED) is 0.129. The second-order valence-corrected chi connectivity index (χ2v) is 23.3. The smallest absolute Gasteiger partial charge is 0.238 e. The summed E-state index contributed by atoms with van der Waals surface area (Å²) >= 11 is 0. The number of rotatable bonds is 10. The molecule has 2 N–H and O–H groups in total. The first-order chi connectivity index (χ1) is 36.8. The molecule has 1 spiro atoms. The van der Waals surface area contributed by atoms with Crippen LogP contribution < -0.4 is 20.4 Å². The van der Waals surface area contributed by atoms with Gasteiger partial charge in [0.05, 0.1) is 34.6 Å². The third-order valence-corrected chi connectivity index (χ3v) is 18.5. The Morgan fingerprint density at radius 2 is 1.54 bits per heavy atom. The van der Waals surface area contributed by atoms with Crippen molar-refractivity contribution >= 4 is 63.6 Å². The van der Waals surface area contributed by atoms with Crippen LogP contribution in [0.3, 0.4) is 0 Å². The molecule has 9 heterocycles. The summed E-state index contributed by atoms with van der Waals surface area (Å²) in [5, 5.41) is 5.71. The molecule has 398 valence electrons. The molecule has 1 atom stereocenters. The average molecular weight is 1030 g/mol. The fraction of sp³-hybridized carbons (Fsp3) is 0.525. The fourth-order valence-electron chi connectivity index (χ4n) is 13.6. The number of aromatic nitrogens is 4. The third kappa shape index (κ3) is 8.98. The Balaban J connectivity index is 0.722. The number of imide groups is 1. The first-order valence-corrected chi connectivity index (χ1v) is 28.0. The van der Waals surface area contributed by atoms with Gasteiger partial charge in [0, 0.05) is 92.6 Å². The molecule has 6 fully saturated rings. The van der Waals surface area contributed by atoms with E-state index in [0.717, 1.165) is 65.2 Å². The number of imidazole rings is 1. The second kappa shape index (κ2) is 20.0. The van der Waals surface area contributed by atoms with Crippen LogP contribution in [-0.2, 0) is 29.4 Å². The van der Waals surface area contributed by atoms with Crippen LogP contribution in [-0.4, -0.2) is 128 Å². The van der Waals surface area contributed by atoms with Crippen molar-refractivity contribution in [3.8, 4) is 11.3 Å². The molecule has 16 nitrogen and oxygen atoms in total. The molecular formula is C59H70FN11O5. The zero-order valence-corrected chi connectivity index (χ0v) is 44.1. The summed E-state index contributed by atoms with van der Waals surface area (Å²) in [7, 11) is 0. The van der Waals surface area contributed by atoms with Crippen molar-refractivity contribution in [3.63, 3.8) is 0 Å². The summed E-state index contributed by atoms with van der Waals surface area (Å²) in [6.45, 7) is 11.9. The lowest BCUT2D eigenvalue weighted by atomic mass is 9.72. The minimum absolute atomic E-state index is 0.0743. The van der Waals surface area contributed by atoms with Crippen molar-refractivity contribution in [2.75, 3.05) is 67.5 Å². The number of fused-ring (bicyclic) bond motifs is 3. The van der Waals surface area contributed by atoms with Gasteiger partial charge in [-0.05, 0) is 139 Å². The van der Waals surface area contributed by atoms with Crippen LogP contribution >= 0.6 is 0 Å². The van der Waals surface area contributed by atoms with E-state index in [-0.39, 0.29) is 59.3 Å². The van der Waals surface area contributed by atoms with E-state index in [1.807, 2.05) is 32.6 Å². The molecule has 2 aromatic carbocycles. The highest BCUT2D eigenvalue weighted by Gasteiger charge is 2.56. The van der Waals surface area contributed by atoms with Gasteiger partial charge in [-0.3, -0.25) is 29.3 Å². The van der Waals surface area contributed by atoms with E-state index in [4.69, 9.17) is 9.97 Å². The molecule has 1 unspecified atom stereocenters. The lowest BCUT2D eigenvalue weighted by Gasteiger charge is -2.48. The van der Waals surface area contributed by atoms with Crippen LogP contribution in [0.25, 0.3) is 22.3 Å². The zero-order valence-electron chi connectivity index (χ0n) is 44.1. The molecular weight excluding hydrogens is 962 g/mol. The van der Waals surface area contributed by atoms with E-state index in [2.05, 4.69) is 69.3 Å². The molecule has 76 heavy (non-hydrogen) atoms. The number of anilines is 4. The maximum atomic E-state index is 15.4. The Morgan fingerprint density at radius 1 is 0.803 bits per heavy atom. The van der Waals surface area contributed by atoms with E-state index in [0.29, 0.717) is 114 Å². The molecule has 17 heteroatoms. The first kappa shape index (κ1) is 50.1. The number of nitrogens with zero attached hydrogens (tertiary/aromatic N) is 9. The van der Waals surface area contributed by atoms with E-state index < -0.39 is 10.8 Å². The summed E-state index contributed by atoms with van der Waals surface area (Å²) in [5.41, 5.74) is 4.75. The van der Waals surface area contributed by atoms with E-state index in [9.17, 15) is 19.2 Å². The number of hydrogen-bond acceptors (Lipinski definition) is 11. The number of amides is 5. The number of benzene rings is 2. The topological polar surface area (TPSA) is 169 Å². The van der Waals surface area contributed by atoms with Gasteiger partial charge in [0.15, 0.2) is 5.82 Å². The highest BCUT2D eigenvalue weighted by atomic mass is 19.1. The normalized spacial score (nSPS) is 24.0. The molecule has 6 aliphatic heterocycles. The van der Waals surface area contributed by atoms with Crippen LogP contribution in [0.5, 0.6) is 0 Å². The Hall–Kier alpha value is -6.75. The van der Waals surface area contributed by atoms with Gasteiger partial charge in [0.2, 0.25) is 29.5 Å². The maximum Gasteiger partial charge on any atom is 0.238 e. The molecule has 0 bridgehead atoms. The number of carbonyl (C=O) groups excluding carboxylic acids is 5. The Kier molecular flexibility index (Phi) is 13.2. The number of nitrogens with one attached hydrogen (secondary N) is 2. The van der Waals surface area contributed by atoms with Crippen molar-refractivity contribution < 1.29 is 28.4 Å². The first-order valence-electron chi connectivity index (χ1n) is 28.0. The Morgan fingerprint density at radius 3 is 2.24 bits per heavy atom. The molecule has 5 aromatic rings. The zero-order chi connectivity index (χ0) is 52.5. The van der Waals surface area contributed by atoms with Gasteiger partial charge in [-0.2, -0.15) is 0 Å². The number of likely N-dealkylation sites (tertiary alicyclic amines) is 3. The standard InChI is InChI=1S/C59H70FN11O5/c1-37(2)70-36-62-48-34-47(64-53(52(48)70)63-46-10-6-5-9-45(46)60)39-11-14-44-49(31-39)71(42-32-41(33-42)66-23-7-4-8-24-66)57(76)59(44)21-29-69(30-22-59)56(75)58(3)19-27-68(28-20-58)55(74)38-17-25-67(26-18-38)50-15-12-40(35-61-50)43-13-16-51(72)65-54(43)73/h5-6,9-12,14-15,31,34-38,41-43H,4,7-8,13,16-30,32-33H2,1-3H3,(H,63,64)(H,65,72,73). The minimum atomic E-state index is -0.757. The van der Waals surface area contributed by atoms with Crippen molar-refractivity contribution in [2.24, 2.45) is 11.3 Å². The molecule has 5 saturated heterocycles.